The lowest BCUT2D eigenvalue weighted by Crippen LogP contribution is -2.06. The van der Waals surface area contributed by atoms with Crippen LogP contribution in [-0.2, 0) is 0 Å². The van der Waals surface area contributed by atoms with Gasteiger partial charge in [-0.25, -0.2) is 19.7 Å². The van der Waals surface area contributed by atoms with Crippen LogP contribution in [0.2, 0.25) is 0 Å². The van der Waals surface area contributed by atoms with Crippen LogP contribution in [0.3, 0.4) is 0 Å². The van der Waals surface area contributed by atoms with E-state index in [-0.39, 0.29) is 17.7 Å². The van der Waals surface area contributed by atoms with E-state index in [0.717, 1.165) is 0 Å². The first-order valence-electron chi connectivity index (χ1n) is 4.40. The van der Waals surface area contributed by atoms with Crippen LogP contribution < -0.4 is 5.32 Å². The molecule has 0 bridgehead atoms. The molecular weight excluding hydrogens is 212 g/mol. The number of nitrogens with zero attached hydrogens (tertiary/aromatic N) is 3. The number of rotatable bonds is 3. The lowest BCUT2D eigenvalue weighted by molar-refractivity contribution is 0.0690. The number of oxazole rings is 1. The molecule has 0 unspecified atom stereocenters. The summed E-state index contributed by atoms with van der Waals surface area (Å²) in [7, 11) is 0. The van der Waals surface area contributed by atoms with Gasteiger partial charge in [-0.1, -0.05) is 0 Å². The van der Waals surface area contributed by atoms with Gasteiger partial charge in [0.05, 0.1) is 6.20 Å². The Morgan fingerprint density at radius 3 is 2.94 bits per heavy atom. The first-order valence-corrected chi connectivity index (χ1v) is 4.40. The monoisotopic (exact) mass is 220 g/mol. The predicted molar refractivity (Wildman–Crippen MR) is 53.5 cm³/mol. The number of carboxylic acid groups (broad SMARTS) is 1. The minimum atomic E-state index is -1.11. The van der Waals surface area contributed by atoms with Crippen LogP contribution >= 0.6 is 0 Å². The number of nitrogens with one attached hydrogen (secondary N) is 1. The molecule has 16 heavy (non-hydrogen) atoms. The molecule has 2 aromatic rings. The van der Waals surface area contributed by atoms with Crippen molar-refractivity contribution in [1.82, 2.24) is 15.0 Å². The number of aromatic carboxylic acids is 1. The average molecular weight is 220 g/mol. The maximum absolute atomic E-state index is 10.8. The van der Waals surface area contributed by atoms with Gasteiger partial charge < -0.3 is 9.52 Å². The highest BCUT2D eigenvalue weighted by Crippen LogP contribution is 2.11. The van der Waals surface area contributed by atoms with E-state index >= 15 is 0 Å². The second kappa shape index (κ2) is 3.97. The van der Waals surface area contributed by atoms with Crippen molar-refractivity contribution in [2.75, 3.05) is 5.32 Å². The molecule has 7 heteroatoms. The van der Waals surface area contributed by atoms with Gasteiger partial charge in [0, 0.05) is 5.69 Å². The first-order chi connectivity index (χ1) is 7.65. The largest absolute Gasteiger partial charge is 0.477 e. The van der Waals surface area contributed by atoms with Gasteiger partial charge in [0.1, 0.15) is 6.26 Å². The Morgan fingerprint density at radius 2 is 2.31 bits per heavy atom. The number of aryl methyl sites for hydroxylation is 1. The summed E-state index contributed by atoms with van der Waals surface area (Å²) in [4.78, 5) is 22.4. The van der Waals surface area contributed by atoms with Crippen LogP contribution in [0.5, 0.6) is 0 Å². The topological polar surface area (TPSA) is 101 Å². The lowest BCUT2D eigenvalue weighted by atomic mass is 10.3. The van der Waals surface area contributed by atoms with Gasteiger partial charge in [0.2, 0.25) is 5.95 Å². The highest BCUT2D eigenvalue weighted by molar-refractivity contribution is 5.85. The number of carboxylic acids is 1. The van der Waals surface area contributed by atoms with Crippen molar-refractivity contribution < 1.29 is 14.3 Å². The predicted octanol–water partition coefficient (Wildman–Crippen LogP) is 1.21. The van der Waals surface area contributed by atoms with E-state index in [1.54, 1.807) is 6.92 Å². The summed E-state index contributed by atoms with van der Waals surface area (Å²) >= 11 is 0. The molecule has 7 nitrogen and oxygen atoms in total. The van der Waals surface area contributed by atoms with Crippen LogP contribution in [0.4, 0.5) is 12.0 Å². The maximum Gasteiger partial charge on any atom is 0.354 e. The Kier molecular flexibility index (Phi) is 2.50. The van der Waals surface area contributed by atoms with Crippen LogP contribution in [0.25, 0.3) is 0 Å². The van der Waals surface area contributed by atoms with Crippen molar-refractivity contribution in [3.05, 3.63) is 29.9 Å². The van der Waals surface area contributed by atoms with Gasteiger partial charge in [-0.15, -0.1) is 0 Å². The smallest absolute Gasteiger partial charge is 0.354 e. The molecule has 0 saturated carbocycles. The summed E-state index contributed by atoms with van der Waals surface area (Å²) in [6, 6.07) is 1.59. The lowest BCUT2D eigenvalue weighted by Gasteiger charge is -2.02. The van der Waals surface area contributed by atoms with Crippen LogP contribution in [0.1, 0.15) is 16.2 Å². The number of anilines is 2. The quantitative estimate of drug-likeness (QED) is 0.801. The van der Waals surface area contributed by atoms with E-state index in [9.17, 15) is 4.79 Å². The Morgan fingerprint density at radius 1 is 1.50 bits per heavy atom. The van der Waals surface area contributed by atoms with Crippen molar-refractivity contribution in [2.45, 2.75) is 6.92 Å². The SMILES string of the molecule is Cc1cc(C(=O)O)nc(Nc2ncco2)n1. The van der Waals surface area contributed by atoms with E-state index in [4.69, 9.17) is 9.52 Å². The highest BCUT2D eigenvalue weighted by Gasteiger charge is 2.09. The molecule has 2 aromatic heterocycles. The Balaban J connectivity index is 2.31. The van der Waals surface area contributed by atoms with E-state index in [1.165, 1.54) is 18.5 Å². The molecule has 0 aromatic carbocycles. The Hall–Kier alpha value is -2.44. The number of hydrogen-bond donors (Lipinski definition) is 2. The molecule has 0 amide bonds. The van der Waals surface area contributed by atoms with Gasteiger partial charge in [-0.3, -0.25) is 5.32 Å². The Labute approximate surface area is 90.2 Å². The van der Waals surface area contributed by atoms with Crippen molar-refractivity contribution in [3.63, 3.8) is 0 Å². The summed E-state index contributed by atoms with van der Waals surface area (Å²) in [6.07, 6.45) is 2.84. The third-order valence-electron chi connectivity index (χ3n) is 1.72. The molecule has 0 radical (unpaired) electrons. The molecule has 2 rings (SSSR count). The van der Waals surface area contributed by atoms with Gasteiger partial charge in [0.25, 0.3) is 0 Å². The van der Waals surface area contributed by atoms with Crippen molar-refractivity contribution in [1.29, 1.82) is 0 Å². The zero-order chi connectivity index (χ0) is 11.5. The zero-order valence-electron chi connectivity index (χ0n) is 8.34. The van der Waals surface area contributed by atoms with E-state index in [2.05, 4.69) is 20.3 Å². The molecule has 2 heterocycles. The minimum Gasteiger partial charge on any atom is -0.477 e. The molecular formula is C9H8N4O3. The normalized spacial score (nSPS) is 10.1. The molecule has 0 aliphatic heterocycles. The summed E-state index contributed by atoms with van der Waals surface area (Å²) in [5.74, 6) is -0.971. The Bertz CT molecular complexity index is 509. The van der Waals surface area contributed by atoms with E-state index in [1.807, 2.05) is 0 Å². The van der Waals surface area contributed by atoms with Crippen LogP contribution in [0.15, 0.2) is 22.9 Å². The molecule has 0 saturated heterocycles. The summed E-state index contributed by atoms with van der Waals surface area (Å²) < 4.78 is 4.93. The molecule has 0 spiro atoms. The number of hydrogen-bond acceptors (Lipinski definition) is 6. The van der Waals surface area contributed by atoms with Gasteiger partial charge in [0.15, 0.2) is 5.69 Å². The second-order valence-electron chi connectivity index (χ2n) is 2.99. The average Bonchev–Trinajstić information content (AvgIpc) is 2.69. The molecule has 0 aliphatic rings. The summed E-state index contributed by atoms with van der Waals surface area (Å²) in [6.45, 7) is 1.68. The van der Waals surface area contributed by atoms with Gasteiger partial charge in [-0.2, -0.15) is 0 Å². The van der Waals surface area contributed by atoms with E-state index in [0.29, 0.717) is 5.69 Å². The standard InChI is InChI=1S/C9H8N4O3/c1-5-4-6(7(14)15)12-8(11-5)13-9-10-2-3-16-9/h2-4H,1H3,(H,14,15)(H,10,11,12,13). The number of carbonyl (C=O) groups is 1. The fraction of sp³-hybridized carbons (Fsp3) is 0.111. The van der Waals surface area contributed by atoms with Crippen molar-refractivity contribution in [3.8, 4) is 0 Å². The molecule has 82 valence electrons. The van der Waals surface area contributed by atoms with Crippen molar-refractivity contribution >= 4 is 17.9 Å². The first kappa shape index (κ1) is 10.1. The highest BCUT2D eigenvalue weighted by atomic mass is 16.4. The third-order valence-corrected chi connectivity index (χ3v) is 1.72. The number of aromatic nitrogens is 3. The van der Waals surface area contributed by atoms with Gasteiger partial charge in [-0.05, 0) is 13.0 Å². The van der Waals surface area contributed by atoms with E-state index < -0.39 is 5.97 Å². The second-order valence-corrected chi connectivity index (χ2v) is 2.99. The third kappa shape index (κ3) is 2.14. The van der Waals surface area contributed by atoms with Crippen LogP contribution in [-0.4, -0.2) is 26.0 Å². The van der Waals surface area contributed by atoms with Crippen LogP contribution in [0, 0.1) is 6.92 Å². The molecule has 2 N–H and O–H groups in total. The fourth-order valence-electron chi connectivity index (χ4n) is 1.11. The van der Waals surface area contributed by atoms with Gasteiger partial charge >= 0.3 is 12.0 Å². The van der Waals surface area contributed by atoms with Crippen molar-refractivity contribution in [2.24, 2.45) is 0 Å². The zero-order valence-corrected chi connectivity index (χ0v) is 8.34. The summed E-state index contributed by atoms with van der Waals surface area (Å²) in [5.41, 5.74) is 0.461. The molecule has 0 fully saturated rings. The maximum atomic E-state index is 10.8. The summed E-state index contributed by atoms with van der Waals surface area (Å²) in [5, 5.41) is 11.5. The molecule has 0 aliphatic carbocycles. The minimum absolute atomic E-state index is 0.0819. The fourth-order valence-corrected chi connectivity index (χ4v) is 1.11. The molecule has 0 atom stereocenters.